The zero-order chi connectivity index (χ0) is 15.2. The van der Waals surface area contributed by atoms with E-state index in [0.717, 1.165) is 16.9 Å². The van der Waals surface area contributed by atoms with Crippen molar-refractivity contribution in [2.45, 2.75) is 19.4 Å². The second-order valence-electron chi connectivity index (χ2n) is 4.79. The van der Waals surface area contributed by atoms with Gasteiger partial charge in [-0.2, -0.15) is 0 Å². The number of amides is 1. The van der Waals surface area contributed by atoms with Crippen molar-refractivity contribution in [3.63, 3.8) is 0 Å². The van der Waals surface area contributed by atoms with Gasteiger partial charge in [0, 0.05) is 26.0 Å². The maximum absolute atomic E-state index is 12.3. The Labute approximate surface area is 129 Å². The molecule has 114 valence electrons. The van der Waals surface area contributed by atoms with E-state index in [2.05, 4.69) is 10.3 Å². The fourth-order valence-corrected chi connectivity index (χ4v) is 2.50. The van der Waals surface area contributed by atoms with Crippen LogP contribution in [0.2, 0.25) is 0 Å². The number of rotatable bonds is 7. The Kier molecular flexibility index (Phi) is 5.59. The molecule has 0 bridgehead atoms. The summed E-state index contributed by atoms with van der Waals surface area (Å²) < 4.78 is 6.90. The van der Waals surface area contributed by atoms with Crippen LogP contribution in [0.25, 0.3) is 11.0 Å². The number of benzene rings is 1. The number of ether oxygens (including phenoxy) is 1. The van der Waals surface area contributed by atoms with Crippen molar-refractivity contribution >= 4 is 28.5 Å². The smallest absolute Gasteiger partial charge is 0.242 e. The molecule has 1 N–H and O–H groups in total. The third-order valence-corrected chi connectivity index (χ3v) is 3.55. The van der Waals surface area contributed by atoms with E-state index in [0.29, 0.717) is 25.5 Å². The lowest BCUT2D eigenvalue weighted by Crippen LogP contribution is -2.33. The number of hydrogen-bond acceptors (Lipinski definition) is 3. The molecule has 1 heterocycles. The van der Waals surface area contributed by atoms with Crippen molar-refractivity contribution < 1.29 is 9.53 Å². The first-order chi connectivity index (χ1) is 10.2. The van der Waals surface area contributed by atoms with Gasteiger partial charge in [0.15, 0.2) is 0 Å². The van der Waals surface area contributed by atoms with Crippen LogP contribution in [0.3, 0.4) is 0 Å². The highest BCUT2D eigenvalue weighted by atomic mass is 35.5. The number of hydrogen-bond donors (Lipinski definition) is 1. The van der Waals surface area contributed by atoms with Gasteiger partial charge in [-0.3, -0.25) is 4.79 Å². The molecule has 6 heteroatoms. The van der Waals surface area contributed by atoms with Gasteiger partial charge in [-0.15, -0.1) is 11.6 Å². The minimum Gasteiger partial charge on any atom is -0.383 e. The lowest BCUT2D eigenvalue weighted by molar-refractivity contribution is -0.124. The van der Waals surface area contributed by atoms with E-state index in [1.54, 1.807) is 7.11 Å². The number of methoxy groups -OCH3 is 1. The van der Waals surface area contributed by atoms with E-state index in [1.165, 1.54) is 0 Å². The molecule has 1 aromatic carbocycles. The number of nitrogens with zero attached hydrogens (tertiary/aromatic N) is 2. The highest BCUT2D eigenvalue weighted by Gasteiger charge is 2.20. The molecule has 0 aliphatic rings. The van der Waals surface area contributed by atoms with Gasteiger partial charge >= 0.3 is 0 Å². The van der Waals surface area contributed by atoms with Gasteiger partial charge in [0.1, 0.15) is 11.9 Å². The summed E-state index contributed by atoms with van der Waals surface area (Å²) >= 11 is 5.85. The molecule has 0 spiro atoms. The molecule has 2 aromatic rings. The normalized spacial score (nSPS) is 12.5. The molecule has 1 unspecified atom stereocenters. The SMILES string of the molecule is COCCNC(=O)C(C)n1c(CCCl)nc2ccccc21. The summed E-state index contributed by atoms with van der Waals surface area (Å²) in [6, 6.07) is 7.46. The maximum Gasteiger partial charge on any atom is 0.242 e. The summed E-state index contributed by atoms with van der Waals surface area (Å²) in [4.78, 5) is 16.8. The summed E-state index contributed by atoms with van der Waals surface area (Å²) in [5.74, 6) is 1.26. The monoisotopic (exact) mass is 309 g/mol. The minimum atomic E-state index is -0.340. The average molecular weight is 310 g/mol. The molecule has 5 nitrogen and oxygen atoms in total. The number of aromatic nitrogens is 2. The van der Waals surface area contributed by atoms with Crippen LogP contribution in [-0.4, -0.2) is 41.6 Å². The van der Waals surface area contributed by atoms with Gasteiger partial charge in [0.25, 0.3) is 0 Å². The molecule has 1 amide bonds. The molecule has 2 rings (SSSR count). The van der Waals surface area contributed by atoms with Gasteiger partial charge < -0.3 is 14.6 Å². The Morgan fingerprint density at radius 1 is 1.48 bits per heavy atom. The van der Waals surface area contributed by atoms with Crippen LogP contribution in [0, 0.1) is 0 Å². The van der Waals surface area contributed by atoms with Crippen LogP contribution in [-0.2, 0) is 16.0 Å². The van der Waals surface area contributed by atoms with E-state index in [1.807, 2.05) is 35.8 Å². The van der Waals surface area contributed by atoms with E-state index in [9.17, 15) is 4.79 Å². The second-order valence-corrected chi connectivity index (χ2v) is 5.16. The summed E-state index contributed by atoms with van der Waals surface area (Å²) in [5, 5.41) is 2.86. The van der Waals surface area contributed by atoms with Crippen LogP contribution in [0.1, 0.15) is 18.8 Å². The summed E-state index contributed by atoms with van der Waals surface area (Å²) in [6.45, 7) is 2.86. The highest BCUT2D eigenvalue weighted by molar-refractivity contribution is 6.17. The van der Waals surface area contributed by atoms with Gasteiger partial charge in [0.05, 0.1) is 17.6 Å². The van der Waals surface area contributed by atoms with E-state index in [-0.39, 0.29) is 11.9 Å². The average Bonchev–Trinajstić information content (AvgIpc) is 2.85. The highest BCUT2D eigenvalue weighted by Crippen LogP contribution is 2.22. The zero-order valence-corrected chi connectivity index (χ0v) is 13.1. The van der Waals surface area contributed by atoms with Crippen molar-refractivity contribution in [2.24, 2.45) is 0 Å². The number of halogens is 1. The Balaban J connectivity index is 2.29. The van der Waals surface area contributed by atoms with E-state index in [4.69, 9.17) is 16.3 Å². The minimum absolute atomic E-state index is 0.0500. The largest absolute Gasteiger partial charge is 0.383 e. The molecule has 21 heavy (non-hydrogen) atoms. The molecule has 0 aliphatic carbocycles. The maximum atomic E-state index is 12.3. The van der Waals surface area contributed by atoms with Gasteiger partial charge in [-0.25, -0.2) is 4.98 Å². The third-order valence-electron chi connectivity index (χ3n) is 3.36. The second kappa shape index (κ2) is 7.43. The number of imidazole rings is 1. The molecule has 0 fully saturated rings. The van der Waals surface area contributed by atoms with Crippen LogP contribution in [0.4, 0.5) is 0 Å². The Hall–Kier alpha value is -1.59. The molecule has 0 saturated carbocycles. The standard InChI is InChI=1S/C15H20ClN3O2/c1-11(15(20)17-9-10-21-2)19-13-6-4-3-5-12(13)18-14(19)7-8-16/h3-6,11H,7-10H2,1-2H3,(H,17,20). The van der Waals surface area contributed by atoms with Crippen LogP contribution >= 0.6 is 11.6 Å². The van der Waals surface area contributed by atoms with Gasteiger partial charge in [0.2, 0.25) is 5.91 Å². The number of alkyl halides is 1. The van der Waals surface area contributed by atoms with Crippen LogP contribution in [0.15, 0.2) is 24.3 Å². The number of para-hydroxylation sites is 2. The molecule has 0 aliphatic heterocycles. The zero-order valence-electron chi connectivity index (χ0n) is 12.3. The van der Waals surface area contributed by atoms with Crippen molar-refractivity contribution in [1.82, 2.24) is 14.9 Å². The van der Waals surface area contributed by atoms with E-state index < -0.39 is 0 Å². The number of fused-ring (bicyclic) bond motifs is 1. The first-order valence-corrected chi connectivity index (χ1v) is 7.51. The molecular weight excluding hydrogens is 290 g/mol. The van der Waals surface area contributed by atoms with Gasteiger partial charge in [-0.05, 0) is 19.1 Å². The summed E-state index contributed by atoms with van der Waals surface area (Å²) in [6.07, 6.45) is 0.631. The molecule has 1 atom stereocenters. The molecule has 0 radical (unpaired) electrons. The number of carbonyl (C=O) groups is 1. The number of aryl methyl sites for hydroxylation is 1. The van der Waals surface area contributed by atoms with Crippen LogP contribution < -0.4 is 5.32 Å². The fourth-order valence-electron chi connectivity index (χ4n) is 2.33. The van der Waals surface area contributed by atoms with Gasteiger partial charge in [-0.1, -0.05) is 12.1 Å². The molecule has 1 aromatic heterocycles. The van der Waals surface area contributed by atoms with Crippen molar-refractivity contribution in [1.29, 1.82) is 0 Å². The fraction of sp³-hybridized carbons (Fsp3) is 0.467. The van der Waals surface area contributed by atoms with Crippen molar-refractivity contribution in [3.05, 3.63) is 30.1 Å². The Morgan fingerprint density at radius 3 is 2.95 bits per heavy atom. The number of carbonyl (C=O) groups excluding carboxylic acids is 1. The Morgan fingerprint density at radius 2 is 2.24 bits per heavy atom. The quantitative estimate of drug-likeness (QED) is 0.630. The number of nitrogens with one attached hydrogen (secondary N) is 1. The lowest BCUT2D eigenvalue weighted by Gasteiger charge is -2.17. The predicted molar refractivity (Wildman–Crippen MR) is 83.8 cm³/mol. The Bertz CT molecular complexity index is 612. The predicted octanol–water partition coefficient (Wildman–Crippen LogP) is 2.14. The first kappa shape index (κ1) is 15.8. The van der Waals surface area contributed by atoms with Crippen molar-refractivity contribution in [2.75, 3.05) is 26.1 Å². The molecular formula is C15H20ClN3O2. The third kappa shape index (κ3) is 3.54. The first-order valence-electron chi connectivity index (χ1n) is 6.97. The van der Waals surface area contributed by atoms with E-state index >= 15 is 0 Å². The lowest BCUT2D eigenvalue weighted by atomic mass is 10.2. The summed E-state index contributed by atoms with van der Waals surface area (Å²) in [5.41, 5.74) is 1.83. The van der Waals surface area contributed by atoms with Crippen LogP contribution in [0.5, 0.6) is 0 Å². The van der Waals surface area contributed by atoms with Crippen molar-refractivity contribution in [3.8, 4) is 0 Å². The summed E-state index contributed by atoms with van der Waals surface area (Å²) in [7, 11) is 1.61. The topological polar surface area (TPSA) is 56.1 Å². The molecule has 0 saturated heterocycles.